The van der Waals surface area contributed by atoms with E-state index in [0.717, 1.165) is 10.6 Å². The quantitative estimate of drug-likeness (QED) is 0.667. The SMILES string of the molecule is O=C(COc1ccc2c(c1)OCO2)N(Cc1cccs1)c1cccnc1. The van der Waals surface area contributed by atoms with Gasteiger partial charge in [-0.3, -0.25) is 9.78 Å². The number of pyridine rings is 1. The van der Waals surface area contributed by atoms with Crippen LogP contribution in [0.25, 0.3) is 0 Å². The molecule has 0 saturated heterocycles. The molecule has 0 fully saturated rings. The van der Waals surface area contributed by atoms with Crippen molar-refractivity contribution in [1.82, 2.24) is 4.98 Å². The third kappa shape index (κ3) is 3.62. The van der Waals surface area contributed by atoms with E-state index in [2.05, 4.69) is 4.98 Å². The van der Waals surface area contributed by atoms with Gasteiger partial charge in [0.2, 0.25) is 6.79 Å². The van der Waals surface area contributed by atoms with Crippen LogP contribution in [0.4, 0.5) is 5.69 Å². The van der Waals surface area contributed by atoms with E-state index in [4.69, 9.17) is 14.2 Å². The zero-order chi connectivity index (χ0) is 17.8. The molecule has 4 rings (SSSR count). The van der Waals surface area contributed by atoms with Crippen LogP contribution >= 0.6 is 11.3 Å². The molecule has 7 heteroatoms. The van der Waals surface area contributed by atoms with E-state index in [9.17, 15) is 4.79 Å². The maximum absolute atomic E-state index is 12.8. The number of amides is 1. The first-order valence-corrected chi connectivity index (χ1v) is 8.93. The predicted molar refractivity (Wildman–Crippen MR) is 97.8 cm³/mol. The lowest BCUT2D eigenvalue weighted by atomic mass is 10.3. The summed E-state index contributed by atoms with van der Waals surface area (Å²) in [6.07, 6.45) is 3.35. The number of fused-ring (bicyclic) bond motifs is 1. The summed E-state index contributed by atoms with van der Waals surface area (Å²) in [6.45, 7) is 0.597. The normalized spacial score (nSPS) is 12.0. The van der Waals surface area contributed by atoms with Crippen LogP contribution in [0.15, 0.2) is 60.2 Å². The number of hydrogen-bond acceptors (Lipinski definition) is 6. The highest BCUT2D eigenvalue weighted by molar-refractivity contribution is 7.09. The minimum atomic E-state index is -0.149. The molecule has 1 amide bonds. The number of hydrogen-bond donors (Lipinski definition) is 0. The number of rotatable bonds is 6. The van der Waals surface area contributed by atoms with Gasteiger partial charge < -0.3 is 19.1 Å². The summed E-state index contributed by atoms with van der Waals surface area (Å²) in [4.78, 5) is 19.7. The number of benzene rings is 1. The van der Waals surface area contributed by atoms with Crippen molar-refractivity contribution >= 4 is 22.9 Å². The Balaban J connectivity index is 1.47. The number of carbonyl (C=O) groups is 1. The van der Waals surface area contributed by atoms with Crippen molar-refractivity contribution in [3.8, 4) is 17.2 Å². The molecular formula is C19H16N2O4S. The number of carbonyl (C=O) groups excluding carboxylic acids is 1. The van der Waals surface area contributed by atoms with E-state index in [1.54, 1.807) is 46.8 Å². The molecule has 0 aliphatic carbocycles. The van der Waals surface area contributed by atoms with Gasteiger partial charge in [0.05, 0.1) is 18.4 Å². The van der Waals surface area contributed by atoms with Gasteiger partial charge in [0.15, 0.2) is 18.1 Å². The summed E-state index contributed by atoms with van der Waals surface area (Å²) >= 11 is 1.61. The third-order valence-corrected chi connectivity index (χ3v) is 4.72. The van der Waals surface area contributed by atoms with Gasteiger partial charge in [0.1, 0.15) is 5.75 Å². The molecule has 0 N–H and O–H groups in total. The van der Waals surface area contributed by atoms with E-state index >= 15 is 0 Å². The molecule has 132 valence electrons. The Hall–Kier alpha value is -3.06. The van der Waals surface area contributed by atoms with E-state index in [0.29, 0.717) is 23.8 Å². The standard InChI is InChI=1S/C19H16N2O4S/c22-19(12-23-15-5-6-17-18(9-15)25-13-24-17)21(11-16-4-2-8-26-16)14-3-1-7-20-10-14/h1-10H,11-13H2. The molecule has 6 nitrogen and oxygen atoms in total. The monoisotopic (exact) mass is 368 g/mol. The molecule has 0 radical (unpaired) electrons. The second-order valence-corrected chi connectivity index (χ2v) is 6.61. The molecule has 0 saturated carbocycles. The van der Waals surface area contributed by atoms with Crippen molar-refractivity contribution in [2.45, 2.75) is 6.54 Å². The Kier molecular flexibility index (Phi) is 4.70. The van der Waals surface area contributed by atoms with Gasteiger partial charge in [-0.15, -0.1) is 11.3 Å². The largest absolute Gasteiger partial charge is 0.484 e. The molecule has 0 unspecified atom stereocenters. The molecule has 0 spiro atoms. The third-order valence-electron chi connectivity index (χ3n) is 3.86. The van der Waals surface area contributed by atoms with Gasteiger partial charge in [0.25, 0.3) is 5.91 Å². The highest BCUT2D eigenvalue weighted by atomic mass is 32.1. The average Bonchev–Trinajstić information content (AvgIpc) is 3.36. The van der Waals surface area contributed by atoms with E-state index < -0.39 is 0 Å². The summed E-state index contributed by atoms with van der Waals surface area (Å²) < 4.78 is 16.3. The summed E-state index contributed by atoms with van der Waals surface area (Å²) in [6, 6.07) is 12.9. The molecule has 1 aliphatic heterocycles. The van der Waals surface area contributed by atoms with Gasteiger partial charge in [-0.2, -0.15) is 0 Å². The molecule has 26 heavy (non-hydrogen) atoms. The topological polar surface area (TPSA) is 60.9 Å². The first-order chi connectivity index (χ1) is 12.8. The second kappa shape index (κ2) is 7.45. The van der Waals surface area contributed by atoms with Gasteiger partial charge in [-0.25, -0.2) is 0 Å². The van der Waals surface area contributed by atoms with Crippen molar-refractivity contribution in [3.63, 3.8) is 0 Å². The molecule has 0 bridgehead atoms. The second-order valence-electron chi connectivity index (χ2n) is 5.57. The van der Waals surface area contributed by atoms with Crippen LogP contribution in [-0.2, 0) is 11.3 Å². The van der Waals surface area contributed by atoms with E-state index in [1.165, 1.54) is 0 Å². The maximum Gasteiger partial charge on any atom is 0.265 e. The first-order valence-electron chi connectivity index (χ1n) is 8.05. The number of aromatic nitrogens is 1. The highest BCUT2D eigenvalue weighted by Crippen LogP contribution is 2.35. The van der Waals surface area contributed by atoms with Crippen LogP contribution < -0.4 is 19.1 Å². The van der Waals surface area contributed by atoms with E-state index in [-0.39, 0.29) is 19.3 Å². The van der Waals surface area contributed by atoms with Crippen LogP contribution in [0.1, 0.15) is 4.88 Å². The van der Waals surface area contributed by atoms with Crippen LogP contribution in [0.3, 0.4) is 0 Å². The molecule has 0 atom stereocenters. The Morgan fingerprint density at radius 1 is 1.19 bits per heavy atom. The van der Waals surface area contributed by atoms with Gasteiger partial charge in [0, 0.05) is 17.1 Å². The summed E-state index contributed by atoms with van der Waals surface area (Å²) in [5.41, 5.74) is 0.736. The van der Waals surface area contributed by atoms with Crippen LogP contribution in [-0.4, -0.2) is 24.3 Å². The molecule has 1 aromatic carbocycles. The van der Waals surface area contributed by atoms with Gasteiger partial charge in [-0.05, 0) is 35.7 Å². The van der Waals surface area contributed by atoms with Crippen LogP contribution in [0.5, 0.6) is 17.2 Å². The van der Waals surface area contributed by atoms with Crippen molar-refractivity contribution < 1.29 is 19.0 Å². The fourth-order valence-electron chi connectivity index (χ4n) is 2.58. The number of thiophene rings is 1. The minimum absolute atomic E-state index is 0.0834. The Labute approximate surface area is 154 Å². The molecule has 3 heterocycles. The molecule has 3 aromatic rings. The molecular weight excluding hydrogens is 352 g/mol. The minimum Gasteiger partial charge on any atom is -0.484 e. The van der Waals surface area contributed by atoms with Gasteiger partial charge in [-0.1, -0.05) is 6.07 Å². The summed E-state index contributed by atoms with van der Waals surface area (Å²) in [7, 11) is 0. The fourth-order valence-corrected chi connectivity index (χ4v) is 3.28. The summed E-state index contributed by atoms with van der Waals surface area (Å²) in [5.74, 6) is 1.71. The Morgan fingerprint density at radius 3 is 2.92 bits per heavy atom. The lowest BCUT2D eigenvalue weighted by molar-refractivity contribution is -0.120. The van der Waals surface area contributed by atoms with Crippen molar-refractivity contribution in [2.75, 3.05) is 18.3 Å². The Morgan fingerprint density at radius 2 is 2.12 bits per heavy atom. The smallest absolute Gasteiger partial charge is 0.265 e. The van der Waals surface area contributed by atoms with Crippen molar-refractivity contribution in [3.05, 3.63) is 65.1 Å². The van der Waals surface area contributed by atoms with Gasteiger partial charge >= 0.3 is 0 Å². The van der Waals surface area contributed by atoms with Crippen molar-refractivity contribution in [2.24, 2.45) is 0 Å². The number of anilines is 1. The fraction of sp³-hybridized carbons (Fsp3) is 0.158. The lowest BCUT2D eigenvalue weighted by Gasteiger charge is -2.22. The van der Waals surface area contributed by atoms with Crippen LogP contribution in [0.2, 0.25) is 0 Å². The van der Waals surface area contributed by atoms with E-state index in [1.807, 2.05) is 29.6 Å². The molecule has 1 aliphatic rings. The highest BCUT2D eigenvalue weighted by Gasteiger charge is 2.19. The zero-order valence-corrected chi connectivity index (χ0v) is 14.6. The first kappa shape index (κ1) is 16.4. The number of nitrogens with zero attached hydrogens (tertiary/aromatic N) is 2. The average molecular weight is 368 g/mol. The van der Waals surface area contributed by atoms with Crippen molar-refractivity contribution in [1.29, 1.82) is 0 Å². The zero-order valence-electron chi connectivity index (χ0n) is 13.8. The molecule has 2 aromatic heterocycles. The predicted octanol–water partition coefficient (Wildman–Crippen LogP) is 3.48. The van der Waals surface area contributed by atoms with Crippen LogP contribution in [0, 0.1) is 0 Å². The number of ether oxygens (including phenoxy) is 3. The lowest BCUT2D eigenvalue weighted by Crippen LogP contribution is -2.34. The Bertz CT molecular complexity index is 884. The maximum atomic E-state index is 12.8. The summed E-state index contributed by atoms with van der Waals surface area (Å²) in [5, 5.41) is 1.99.